The van der Waals surface area contributed by atoms with Crippen LogP contribution in [0, 0.1) is 6.92 Å². The smallest absolute Gasteiger partial charge is 0.328 e. The van der Waals surface area contributed by atoms with Crippen molar-refractivity contribution in [3.8, 4) is 0 Å². The summed E-state index contributed by atoms with van der Waals surface area (Å²) < 4.78 is 25.9. The summed E-state index contributed by atoms with van der Waals surface area (Å²) >= 11 is 1.60. The predicted octanol–water partition coefficient (Wildman–Crippen LogP) is 2.29. The predicted molar refractivity (Wildman–Crippen MR) is 82.9 cm³/mol. The van der Waals surface area contributed by atoms with Gasteiger partial charge in [-0.3, -0.25) is 0 Å². The number of aryl methyl sites for hydroxylation is 1. The number of thiophene rings is 1. The molecule has 0 saturated heterocycles. The third-order valence-electron chi connectivity index (χ3n) is 2.80. The van der Waals surface area contributed by atoms with Crippen LogP contribution in [0.4, 0.5) is 4.79 Å². The highest BCUT2D eigenvalue weighted by Crippen LogP contribution is 2.10. The van der Waals surface area contributed by atoms with Gasteiger partial charge in [-0.15, -0.1) is 11.3 Å². The molecule has 0 aliphatic carbocycles. The van der Waals surface area contributed by atoms with Crippen LogP contribution in [0.3, 0.4) is 0 Å². The molecule has 2 amide bonds. The number of rotatable bonds is 5. The molecule has 2 rings (SSSR count). The van der Waals surface area contributed by atoms with Gasteiger partial charge in [0.05, 0.1) is 4.90 Å². The van der Waals surface area contributed by atoms with E-state index in [0.717, 1.165) is 10.4 Å². The summed E-state index contributed by atoms with van der Waals surface area (Å²) in [5.41, 5.74) is 0.953. The van der Waals surface area contributed by atoms with E-state index in [9.17, 15) is 13.2 Å². The third kappa shape index (κ3) is 4.57. The number of nitrogens with one attached hydrogen (secondary N) is 2. The van der Waals surface area contributed by atoms with Gasteiger partial charge >= 0.3 is 6.03 Å². The minimum absolute atomic E-state index is 0.0708. The maximum atomic E-state index is 12.0. The van der Waals surface area contributed by atoms with E-state index in [2.05, 4.69) is 5.32 Å². The van der Waals surface area contributed by atoms with E-state index in [1.165, 1.54) is 12.1 Å². The Morgan fingerprint density at radius 3 is 2.52 bits per heavy atom. The van der Waals surface area contributed by atoms with Gasteiger partial charge in [0.15, 0.2) is 0 Å². The van der Waals surface area contributed by atoms with Crippen molar-refractivity contribution < 1.29 is 13.2 Å². The number of carbonyl (C=O) groups excluding carboxylic acids is 1. The molecule has 1 aromatic carbocycles. The monoisotopic (exact) mass is 324 g/mol. The Balaban J connectivity index is 1.87. The van der Waals surface area contributed by atoms with Crippen LogP contribution in [-0.4, -0.2) is 21.0 Å². The Morgan fingerprint density at radius 1 is 1.19 bits per heavy atom. The number of hydrogen-bond donors (Lipinski definition) is 2. The lowest BCUT2D eigenvalue weighted by molar-refractivity contribution is 0.246. The van der Waals surface area contributed by atoms with Crippen LogP contribution in [0.15, 0.2) is 46.7 Å². The van der Waals surface area contributed by atoms with Crippen LogP contribution < -0.4 is 10.0 Å². The quantitative estimate of drug-likeness (QED) is 0.886. The van der Waals surface area contributed by atoms with Crippen LogP contribution in [0.5, 0.6) is 0 Å². The third-order valence-corrected chi connectivity index (χ3v) is 5.08. The Bertz CT molecular complexity index is 692. The fraction of sp³-hybridized carbons (Fsp3) is 0.214. The maximum Gasteiger partial charge on any atom is 0.328 e. The van der Waals surface area contributed by atoms with E-state index in [-0.39, 0.29) is 4.90 Å². The molecule has 0 saturated carbocycles. The number of amides is 2. The molecule has 0 fully saturated rings. The molecule has 21 heavy (non-hydrogen) atoms. The van der Waals surface area contributed by atoms with E-state index in [1.54, 1.807) is 23.5 Å². The zero-order chi connectivity index (χ0) is 15.3. The van der Waals surface area contributed by atoms with Crippen molar-refractivity contribution in [3.63, 3.8) is 0 Å². The topological polar surface area (TPSA) is 75.3 Å². The van der Waals surface area contributed by atoms with E-state index in [0.29, 0.717) is 13.0 Å². The molecule has 2 aromatic rings. The normalized spacial score (nSPS) is 11.1. The number of urea groups is 1. The lowest BCUT2D eigenvalue weighted by atomic mass is 10.2. The van der Waals surface area contributed by atoms with Crippen molar-refractivity contribution in [2.45, 2.75) is 18.2 Å². The highest BCUT2D eigenvalue weighted by molar-refractivity contribution is 7.90. The first-order chi connectivity index (χ1) is 9.97. The molecule has 7 heteroatoms. The molecular formula is C14H16N2O3S2. The van der Waals surface area contributed by atoms with E-state index in [4.69, 9.17) is 0 Å². The van der Waals surface area contributed by atoms with Gasteiger partial charge < -0.3 is 5.32 Å². The second-order valence-corrected chi connectivity index (χ2v) is 7.22. The van der Waals surface area contributed by atoms with Gasteiger partial charge in [-0.25, -0.2) is 17.9 Å². The van der Waals surface area contributed by atoms with Gasteiger partial charge in [0.25, 0.3) is 10.0 Å². The zero-order valence-corrected chi connectivity index (χ0v) is 13.1. The highest BCUT2D eigenvalue weighted by atomic mass is 32.2. The first-order valence-electron chi connectivity index (χ1n) is 6.37. The summed E-state index contributed by atoms with van der Waals surface area (Å²) in [7, 11) is -3.82. The van der Waals surface area contributed by atoms with Gasteiger partial charge in [-0.05, 0) is 36.9 Å². The van der Waals surface area contributed by atoms with Crippen LogP contribution >= 0.6 is 11.3 Å². The molecule has 1 heterocycles. The molecule has 112 valence electrons. The Kier molecular flexibility index (Phi) is 4.98. The second kappa shape index (κ2) is 6.73. The van der Waals surface area contributed by atoms with Gasteiger partial charge in [0.1, 0.15) is 0 Å². The SMILES string of the molecule is Cc1ccc(S(=O)(=O)NC(=O)NCCc2cccs2)cc1. The largest absolute Gasteiger partial charge is 0.337 e. The first-order valence-corrected chi connectivity index (χ1v) is 8.73. The average Bonchev–Trinajstić information content (AvgIpc) is 2.92. The minimum Gasteiger partial charge on any atom is -0.337 e. The maximum absolute atomic E-state index is 12.0. The summed E-state index contributed by atoms with van der Waals surface area (Å²) in [5.74, 6) is 0. The second-order valence-electron chi connectivity index (χ2n) is 4.50. The minimum atomic E-state index is -3.82. The molecule has 0 aliphatic rings. The fourth-order valence-electron chi connectivity index (χ4n) is 1.69. The molecule has 1 aromatic heterocycles. The van der Waals surface area contributed by atoms with Crippen LogP contribution in [0.2, 0.25) is 0 Å². The summed E-state index contributed by atoms with van der Waals surface area (Å²) in [6, 6.07) is 9.49. The van der Waals surface area contributed by atoms with Gasteiger partial charge in [0.2, 0.25) is 0 Å². The lowest BCUT2D eigenvalue weighted by Crippen LogP contribution is -2.40. The van der Waals surface area contributed by atoms with Crippen LogP contribution in [0.25, 0.3) is 0 Å². The van der Waals surface area contributed by atoms with Crippen LogP contribution in [-0.2, 0) is 16.4 Å². The first kappa shape index (κ1) is 15.5. The lowest BCUT2D eigenvalue weighted by Gasteiger charge is -2.08. The highest BCUT2D eigenvalue weighted by Gasteiger charge is 2.16. The summed E-state index contributed by atoms with van der Waals surface area (Å²) in [4.78, 5) is 12.8. The van der Waals surface area contributed by atoms with Gasteiger partial charge in [0, 0.05) is 11.4 Å². The van der Waals surface area contributed by atoms with Crippen molar-refractivity contribution in [1.29, 1.82) is 0 Å². The summed E-state index contributed by atoms with van der Waals surface area (Å²) in [6.45, 7) is 2.25. The van der Waals surface area contributed by atoms with E-state index in [1.807, 2.05) is 29.2 Å². The van der Waals surface area contributed by atoms with Gasteiger partial charge in [-0.2, -0.15) is 0 Å². The van der Waals surface area contributed by atoms with Gasteiger partial charge in [-0.1, -0.05) is 23.8 Å². The van der Waals surface area contributed by atoms with Crippen molar-refractivity contribution >= 4 is 27.4 Å². The van der Waals surface area contributed by atoms with Crippen molar-refractivity contribution in [3.05, 3.63) is 52.2 Å². The Labute approximate surface area is 128 Å². The number of hydrogen-bond acceptors (Lipinski definition) is 4. The van der Waals surface area contributed by atoms with E-state index < -0.39 is 16.1 Å². The Morgan fingerprint density at radius 2 is 1.90 bits per heavy atom. The molecular weight excluding hydrogens is 308 g/mol. The summed E-state index contributed by atoms with van der Waals surface area (Å²) in [6.07, 6.45) is 0.676. The number of sulfonamides is 1. The molecule has 0 radical (unpaired) electrons. The summed E-state index contributed by atoms with van der Waals surface area (Å²) in [5, 5.41) is 4.49. The molecule has 0 atom stereocenters. The average molecular weight is 324 g/mol. The molecule has 0 bridgehead atoms. The Hall–Kier alpha value is -1.86. The molecule has 0 spiro atoms. The molecule has 0 aliphatic heterocycles. The van der Waals surface area contributed by atoms with Crippen LogP contribution in [0.1, 0.15) is 10.4 Å². The number of carbonyl (C=O) groups is 1. The molecule has 0 unspecified atom stereocenters. The standard InChI is InChI=1S/C14H16N2O3S2/c1-11-4-6-13(7-5-11)21(18,19)16-14(17)15-9-8-12-3-2-10-20-12/h2-7,10H,8-9H2,1H3,(H2,15,16,17). The zero-order valence-electron chi connectivity index (χ0n) is 11.5. The van der Waals surface area contributed by atoms with Crippen molar-refractivity contribution in [1.82, 2.24) is 10.0 Å². The molecule has 5 nitrogen and oxygen atoms in total. The fourth-order valence-corrected chi connectivity index (χ4v) is 3.33. The van der Waals surface area contributed by atoms with Crippen molar-refractivity contribution in [2.75, 3.05) is 6.54 Å². The van der Waals surface area contributed by atoms with Crippen molar-refractivity contribution in [2.24, 2.45) is 0 Å². The van der Waals surface area contributed by atoms with E-state index >= 15 is 0 Å². The number of benzene rings is 1. The molecule has 2 N–H and O–H groups in total.